The summed E-state index contributed by atoms with van der Waals surface area (Å²) in [4.78, 5) is 33.9. The average Bonchev–Trinajstić information content (AvgIpc) is 3.79. The van der Waals surface area contributed by atoms with Crippen molar-refractivity contribution in [3.05, 3.63) is 90.4 Å². The number of hydrogen-bond acceptors (Lipinski definition) is 9. The number of nitrogens with zero attached hydrogens (tertiary/aromatic N) is 3. The molecule has 0 saturated carbocycles. The Bertz CT molecular complexity index is 2270. The molecular formula is C33H26FN5O7S. The van der Waals surface area contributed by atoms with Gasteiger partial charge in [0.25, 0.3) is 5.91 Å². The molecule has 1 aliphatic heterocycles. The minimum atomic E-state index is -3.96. The van der Waals surface area contributed by atoms with Crippen molar-refractivity contribution in [1.29, 1.82) is 0 Å². The number of benzene rings is 3. The molecule has 47 heavy (non-hydrogen) atoms. The lowest BCUT2D eigenvalue weighted by molar-refractivity contribution is 0.0964. The number of hydrogen-bond donors (Lipinski definition) is 2. The van der Waals surface area contributed by atoms with Gasteiger partial charge in [-0.05, 0) is 60.2 Å². The third kappa shape index (κ3) is 5.63. The van der Waals surface area contributed by atoms with Crippen molar-refractivity contribution in [3.8, 4) is 33.9 Å². The summed E-state index contributed by atoms with van der Waals surface area (Å²) in [6, 6.07) is 18.7. The van der Waals surface area contributed by atoms with Gasteiger partial charge in [-0.3, -0.25) is 9.10 Å². The number of oxazole rings is 1. The molecule has 238 valence electrons. The van der Waals surface area contributed by atoms with Gasteiger partial charge in [0.1, 0.15) is 23.8 Å². The molecule has 2 N–H and O–H groups in total. The molecule has 0 radical (unpaired) electrons. The second-order valence-corrected chi connectivity index (χ2v) is 12.8. The number of nitrogens with one attached hydrogen (secondary N) is 2. The van der Waals surface area contributed by atoms with Gasteiger partial charge in [-0.1, -0.05) is 12.1 Å². The summed E-state index contributed by atoms with van der Waals surface area (Å²) < 4.78 is 59.0. The Kier molecular flexibility index (Phi) is 7.35. The van der Waals surface area contributed by atoms with E-state index in [9.17, 15) is 22.4 Å². The van der Waals surface area contributed by atoms with Crippen molar-refractivity contribution in [3.63, 3.8) is 0 Å². The van der Waals surface area contributed by atoms with E-state index in [4.69, 9.17) is 13.6 Å². The van der Waals surface area contributed by atoms with Crippen LogP contribution in [0.2, 0.25) is 0 Å². The molecule has 3 aromatic carbocycles. The first kappa shape index (κ1) is 29.9. The zero-order chi connectivity index (χ0) is 32.9. The second-order valence-electron chi connectivity index (χ2n) is 10.9. The molecule has 4 heterocycles. The Hall–Kier alpha value is -5.76. The number of fused-ring (bicyclic) bond motifs is 2. The van der Waals surface area contributed by atoms with E-state index >= 15 is 0 Å². The number of amides is 2. The molecule has 1 unspecified atom stereocenters. The summed E-state index contributed by atoms with van der Waals surface area (Å²) in [6.45, 7) is -0.173. The van der Waals surface area contributed by atoms with Crippen molar-refractivity contribution < 1.29 is 36.0 Å². The standard InChI is InChI=1S/C33H26FN5O7S/c1-35-31(40)28-24-14-23(19-5-3-6-20(13-19)32-38-30-26(46-32)7-4-12-36-30)25(39(47(2,42)43)16-22-17-44-33(41)37-22)15-27(24)45-29(28)18-8-10-21(34)11-9-18/h3-15,22H,16-17H2,1-2H3,(H,35,40)(H,37,41). The summed E-state index contributed by atoms with van der Waals surface area (Å²) in [5.41, 5.74) is 3.60. The average molecular weight is 656 g/mol. The highest BCUT2D eigenvalue weighted by Crippen LogP contribution is 2.42. The van der Waals surface area contributed by atoms with Crippen LogP contribution in [-0.4, -0.2) is 62.9 Å². The van der Waals surface area contributed by atoms with Crippen LogP contribution >= 0.6 is 0 Å². The first-order valence-electron chi connectivity index (χ1n) is 14.4. The third-order valence-corrected chi connectivity index (χ3v) is 8.89. The Balaban J connectivity index is 1.47. The normalized spacial score (nSPS) is 14.7. The number of rotatable bonds is 8. The van der Waals surface area contributed by atoms with Gasteiger partial charge in [0, 0.05) is 41.4 Å². The molecule has 3 aromatic heterocycles. The fourth-order valence-corrected chi connectivity index (χ4v) is 6.53. The predicted octanol–water partition coefficient (Wildman–Crippen LogP) is 5.34. The van der Waals surface area contributed by atoms with E-state index in [0.29, 0.717) is 44.8 Å². The second kappa shape index (κ2) is 11.6. The van der Waals surface area contributed by atoms with Gasteiger partial charge in [0.15, 0.2) is 11.2 Å². The third-order valence-electron chi connectivity index (χ3n) is 7.75. The number of carbonyl (C=O) groups is 2. The van der Waals surface area contributed by atoms with Crippen molar-refractivity contribution in [2.45, 2.75) is 6.04 Å². The SMILES string of the molecule is CNC(=O)c1c(-c2ccc(F)cc2)oc2cc(N(CC3COC(=O)N3)S(C)(=O)=O)c(-c3cccc(-c4nc5ncccc5o4)c3)cc12. The summed E-state index contributed by atoms with van der Waals surface area (Å²) in [5.74, 6) is -0.433. The maximum absolute atomic E-state index is 13.8. The lowest BCUT2D eigenvalue weighted by atomic mass is 9.97. The lowest BCUT2D eigenvalue weighted by Gasteiger charge is -2.27. The number of furan rings is 1. The first-order chi connectivity index (χ1) is 22.6. The van der Waals surface area contributed by atoms with Crippen LogP contribution in [0.25, 0.3) is 56.1 Å². The number of pyridine rings is 1. The topological polar surface area (TPSA) is 157 Å². The molecule has 1 aliphatic rings. The van der Waals surface area contributed by atoms with Gasteiger partial charge in [-0.15, -0.1) is 0 Å². The van der Waals surface area contributed by atoms with Crippen LogP contribution in [0, 0.1) is 5.82 Å². The highest BCUT2D eigenvalue weighted by molar-refractivity contribution is 7.92. The monoisotopic (exact) mass is 655 g/mol. The quantitative estimate of drug-likeness (QED) is 0.221. The van der Waals surface area contributed by atoms with E-state index in [-0.39, 0.29) is 35.7 Å². The molecule has 2 amide bonds. The summed E-state index contributed by atoms with van der Waals surface area (Å²) >= 11 is 0. The molecule has 12 nitrogen and oxygen atoms in total. The molecule has 1 saturated heterocycles. The smallest absolute Gasteiger partial charge is 0.407 e. The minimum Gasteiger partial charge on any atom is -0.455 e. The van der Waals surface area contributed by atoms with Gasteiger partial charge in [-0.2, -0.15) is 4.98 Å². The van der Waals surface area contributed by atoms with Crippen LogP contribution in [-0.2, 0) is 14.8 Å². The maximum atomic E-state index is 13.8. The van der Waals surface area contributed by atoms with Gasteiger partial charge in [0.05, 0.1) is 30.1 Å². The number of cyclic esters (lactones) is 1. The van der Waals surface area contributed by atoms with Gasteiger partial charge < -0.3 is 24.2 Å². The van der Waals surface area contributed by atoms with Crippen LogP contribution in [0.5, 0.6) is 0 Å². The van der Waals surface area contributed by atoms with Crippen molar-refractivity contribution in [1.82, 2.24) is 20.6 Å². The van der Waals surface area contributed by atoms with E-state index in [1.54, 1.807) is 54.7 Å². The zero-order valence-electron chi connectivity index (χ0n) is 25.0. The minimum absolute atomic E-state index is 0.0278. The molecule has 14 heteroatoms. The van der Waals surface area contributed by atoms with E-state index < -0.39 is 33.9 Å². The number of halogens is 1. The van der Waals surface area contributed by atoms with Crippen LogP contribution in [0.15, 0.2) is 87.8 Å². The molecule has 0 bridgehead atoms. The number of aromatic nitrogens is 2. The van der Waals surface area contributed by atoms with Crippen LogP contribution in [0.1, 0.15) is 10.4 Å². The molecule has 1 atom stereocenters. The molecule has 0 spiro atoms. The molecule has 7 rings (SSSR count). The van der Waals surface area contributed by atoms with Crippen molar-refractivity contribution >= 4 is 49.9 Å². The van der Waals surface area contributed by atoms with E-state index in [0.717, 1.165) is 10.6 Å². The maximum Gasteiger partial charge on any atom is 0.407 e. The van der Waals surface area contributed by atoms with E-state index in [1.165, 1.54) is 31.3 Å². The Morgan fingerprint density at radius 1 is 1.02 bits per heavy atom. The van der Waals surface area contributed by atoms with Crippen LogP contribution < -0.4 is 14.9 Å². The van der Waals surface area contributed by atoms with Crippen LogP contribution in [0.4, 0.5) is 14.9 Å². The van der Waals surface area contributed by atoms with Crippen molar-refractivity contribution in [2.24, 2.45) is 0 Å². The zero-order valence-corrected chi connectivity index (χ0v) is 25.8. The van der Waals surface area contributed by atoms with E-state index in [1.807, 2.05) is 0 Å². The van der Waals surface area contributed by atoms with Crippen LogP contribution in [0.3, 0.4) is 0 Å². The van der Waals surface area contributed by atoms with Gasteiger partial charge >= 0.3 is 6.09 Å². The molecule has 6 aromatic rings. The molecular weight excluding hydrogens is 629 g/mol. The first-order valence-corrected chi connectivity index (χ1v) is 16.3. The van der Waals surface area contributed by atoms with E-state index in [2.05, 4.69) is 20.6 Å². The fourth-order valence-electron chi connectivity index (χ4n) is 5.57. The van der Waals surface area contributed by atoms with Gasteiger partial charge in [0.2, 0.25) is 15.9 Å². The lowest BCUT2D eigenvalue weighted by Crippen LogP contribution is -2.42. The largest absolute Gasteiger partial charge is 0.455 e. The Morgan fingerprint density at radius 2 is 1.81 bits per heavy atom. The number of alkyl carbamates (subject to hydrolysis) is 1. The molecule has 1 fully saturated rings. The number of sulfonamides is 1. The van der Waals surface area contributed by atoms with Crippen molar-refractivity contribution in [2.75, 3.05) is 30.8 Å². The summed E-state index contributed by atoms with van der Waals surface area (Å²) in [6.07, 6.45) is 2.02. The van der Waals surface area contributed by atoms with Gasteiger partial charge in [-0.25, -0.2) is 22.6 Å². The Morgan fingerprint density at radius 3 is 2.51 bits per heavy atom. The Labute approximate surface area is 267 Å². The predicted molar refractivity (Wildman–Crippen MR) is 172 cm³/mol. The number of ether oxygens (including phenoxy) is 1. The fraction of sp³-hybridized carbons (Fsp3) is 0.152. The molecule has 0 aliphatic carbocycles. The number of anilines is 1. The summed E-state index contributed by atoms with van der Waals surface area (Å²) in [7, 11) is -2.48. The highest BCUT2D eigenvalue weighted by atomic mass is 32.2. The highest BCUT2D eigenvalue weighted by Gasteiger charge is 2.32. The number of carbonyl (C=O) groups excluding carboxylic acids is 2. The summed E-state index contributed by atoms with van der Waals surface area (Å²) in [5, 5.41) is 5.66.